The summed E-state index contributed by atoms with van der Waals surface area (Å²) in [6.45, 7) is 7.38. The predicted octanol–water partition coefficient (Wildman–Crippen LogP) is 2.95. The van der Waals surface area contributed by atoms with Crippen molar-refractivity contribution in [3.8, 4) is 0 Å². The van der Waals surface area contributed by atoms with Crippen molar-refractivity contribution in [2.45, 2.75) is 33.2 Å². The number of benzene rings is 1. The molecule has 1 rings (SSSR count). The highest BCUT2D eigenvalue weighted by Crippen LogP contribution is 2.22. The van der Waals surface area contributed by atoms with E-state index in [1.807, 2.05) is 31.2 Å². The molecule has 1 aromatic rings. The highest BCUT2D eigenvalue weighted by molar-refractivity contribution is 5.67. The Labute approximate surface area is 121 Å². The van der Waals surface area contributed by atoms with E-state index < -0.39 is 5.97 Å². The molecular formula is C16H25NO3. The van der Waals surface area contributed by atoms with Crippen LogP contribution in [0.1, 0.15) is 25.8 Å². The average molecular weight is 279 g/mol. The molecule has 0 radical (unpaired) electrons. The predicted molar refractivity (Wildman–Crippen MR) is 81.3 cm³/mol. The number of hydrogen-bond acceptors (Lipinski definition) is 3. The smallest absolute Gasteiger partial charge is 0.305 e. The van der Waals surface area contributed by atoms with Gasteiger partial charge in [0, 0.05) is 19.3 Å². The van der Waals surface area contributed by atoms with Gasteiger partial charge < -0.3 is 14.7 Å². The van der Waals surface area contributed by atoms with Crippen LogP contribution in [0.25, 0.3) is 0 Å². The van der Waals surface area contributed by atoms with Crippen LogP contribution in [-0.4, -0.2) is 37.4 Å². The largest absolute Gasteiger partial charge is 0.481 e. The van der Waals surface area contributed by atoms with Gasteiger partial charge in [-0.15, -0.1) is 0 Å². The van der Waals surface area contributed by atoms with Gasteiger partial charge in [0.15, 0.2) is 0 Å². The number of carbonyl (C=O) groups is 1. The maximum Gasteiger partial charge on any atom is 0.305 e. The van der Waals surface area contributed by atoms with Crippen molar-refractivity contribution in [3.05, 3.63) is 29.8 Å². The molecule has 0 amide bonds. The first kappa shape index (κ1) is 16.5. The molecule has 0 fully saturated rings. The number of anilines is 1. The number of hydrogen-bond donors (Lipinski definition) is 1. The van der Waals surface area contributed by atoms with Crippen LogP contribution in [0.15, 0.2) is 24.3 Å². The van der Waals surface area contributed by atoms with Crippen molar-refractivity contribution in [2.24, 2.45) is 5.92 Å². The van der Waals surface area contributed by atoms with Crippen LogP contribution in [0.2, 0.25) is 0 Å². The second kappa shape index (κ2) is 7.90. The minimum absolute atomic E-state index is 0.126. The minimum Gasteiger partial charge on any atom is -0.481 e. The zero-order chi connectivity index (χ0) is 15.1. The molecule has 112 valence electrons. The first-order valence-corrected chi connectivity index (χ1v) is 6.99. The lowest BCUT2D eigenvalue weighted by Gasteiger charge is -2.35. The van der Waals surface area contributed by atoms with Gasteiger partial charge in [0.2, 0.25) is 0 Å². The first-order chi connectivity index (χ1) is 9.45. The van der Waals surface area contributed by atoms with E-state index in [2.05, 4.69) is 18.7 Å². The molecule has 0 aliphatic heterocycles. The molecule has 1 unspecified atom stereocenters. The van der Waals surface area contributed by atoms with E-state index in [1.165, 1.54) is 5.56 Å². The lowest BCUT2D eigenvalue weighted by molar-refractivity contribution is -0.136. The SMILES string of the molecule is COCC(C(C)C)N(CCC(=O)O)c1ccc(C)cc1. The van der Waals surface area contributed by atoms with Gasteiger partial charge in [-0.3, -0.25) is 4.79 Å². The summed E-state index contributed by atoms with van der Waals surface area (Å²) in [6, 6.07) is 8.35. The van der Waals surface area contributed by atoms with Crippen molar-refractivity contribution < 1.29 is 14.6 Å². The van der Waals surface area contributed by atoms with Gasteiger partial charge in [0.05, 0.1) is 19.1 Å². The number of rotatable bonds is 8. The number of carboxylic acid groups (broad SMARTS) is 1. The average Bonchev–Trinajstić information content (AvgIpc) is 2.39. The Morgan fingerprint density at radius 3 is 2.35 bits per heavy atom. The van der Waals surface area contributed by atoms with Gasteiger partial charge in [-0.05, 0) is 25.0 Å². The van der Waals surface area contributed by atoms with Crippen LogP contribution in [-0.2, 0) is 9.53 Å². The number of ether oxygens (including phenoxy) is 1. The van der Waals surface area contributed by atoms with Gasteiger partial charge in [0.25, 0.3) is 0 Å². The fraction of sp³-hybridized carbons (Fsp3) is 0.562. The molecule has 1 atom stereocenters. The van der Waals surface area contributed by atoms with E-state index in [-0.39, 0.29) is 12.5 Å². The lowest BCUT2D eigenvalue weighted by atomic mass is 10.0. The van der Waals surface area contributed by atoms with E-state index in [9.17, 15) is 4.79 Å². The van der Waals surface area contributed by atoms with E-state index in [0.717, 1.165) is 5.69 Å². The summed E-state index contributed by atoms with van der Waals surface area (Å²) >= 11 is 0. The number of carboxylic acids is 1. The summed E-state index contributed by atoms with van der Waals surface area (Å²) in [6.07, 6.45) is 0.126. The Bertz CT molecular complexity index is 414. The Morgan fingerprint density at radius 1 is 1.30 bits per heavy atom. The highest BCUT2D eigenvalue weighted by atomic mass is 16.5. The van der Waals surface area contributed by atoms with Crippen LogP contribution in [0.5, 0.6) is 0 Å². The Hall–Kier alpha value is -1.55. The van der Waals surface area contributed by atoms with Crippen molar-refractivity contribution in [1.29, 1.82) is 0 Å². The van der Waals surface area contributed by atoms with E-state index in [0.29, 0.717) is 19.1 Å². The molecule has 20 heavy (non-hydrogen) atoms. The molecular weight excluding hydrogens is 254 g/mol. The lowest BCUT2D eigenvalue weighted by Crippen LogP contribution is -2.43. The fourth-order valence-corrected chi connectivity index (χ4v) is 2.25. The molecule has 0 spiro atoms. The normalized spacial score (nSPS) is 12.4. The van der Waals surface area contributed by atoms with Gasteiger partial charge in [0.1, 0.15) is 0 Å². The van der Waals surface area contributed by atoms with Gasteiger partial charge in [-0.25, -0.2) is 0 Å². The molecule has 0 bridgehead atoms. The number of aliphatic carboxylic acids is 1. The number of methoxy groups -OCH3 is 1. The zero-order valence-corrected chi connectivity index (χ0v) is 12.8. The highest BCUT2D eigenvalue weighted by Gasteiger charge is 2.22. The quantitative estimate of drug-likeness (QED) is 0.795. The standard InChI is InChI=1S/C16H25NO3/c1-12(2)15(11-20-4)17(10-9-16(18)19)14-7-5-13(3)6-8-14/h5-8,12,15H,9-11H2,1-4H3,(H,18,19). The van der Waals surface area contributed by atoms with Gasteiger partial charge in [-0.2, -0.15) is 0 Å². The Kier molecular flexibility index (Phi) is 6.52. The van der Waals surface area contributed by atoms with E-state index in [1.54, 1.807) is 7.11 Å². The molecule has 4 heteroatoms. The summed E-state index contributed by atoms with van der Waals surface area (Å²) in [5.41, 5.74) is 2.24. The molecule has 4 nitrogen and oxygen atoms in total. The summed E-state index contributed by atoms with van der Waals surface area (Å²) in [7, 11) is 1.68. The monoisotopic (exact) mass is 279 g/mol. The summed E-state index contributed by atoms with van der Waals surface area (Å²) in [5, 5.41) is 8.95. The Morgan fingerprint density at radius 2 is 1.90 bits per heavy atom. The molecule has 0 saturated carbocycles. The van der Waals surface area contributed by atoms with Crippen LogP contribution >= 0.6 is 0 Å². The third-order valence-corrected chi connectivity index (χ3v) is 3.44. The van der Waals surface area contributed by atoms with Crippen LogP contribution in [0.3, 0.4) is 0 Å². The van der Waals surface area contributed by atoms with Gasteiger partial charge in [-0.1, -0.05) is 31.5 Å². The van der Waals surface area contributed by atoms with Crippen LogP contribution < -0.4 is 4.90 Å². The maximum absolute atomic E-state index is 10.9. The molecule has 0 aliphatic rings. The maximum atomic E-state index is 10.9. The summed E-state index contributed by atoms with van der Waals surface area (Å²) < 4.78 is 5.31. The van der Waals surface area contributed by atoms with Crippen LogP contribution in [0, 0.1) is 12.8 Å². The molecule has 0 aliphatic carbocycles. The zero-order valence-electron chi connectivity index (χ0n) is 12.8. The molecule has 0 aromatic heterocycles. The third-order valence-electron chi connectivity index (χ3n) is 3.44. The summed E-state index contributed by atoms with van der Waals surface area (Å²) in [5.74, 6) is -0.396. The third kappa shape index (κ3) is 4.85. The number of nitrogens with zero attached hydrogens (tertiary/aromatic N) is 1. The second-order valence-corrected chi connectivity index (χ2v) is 5.44. The molecule has 0 heterocycles. The van der Waals surface area contributed by atoms with Gasteiger partial charge >= 0.3 is 5.97 Å². The van der Waals surface area contributed by atoms with Crippen molar-refractivity contribution in [2.75, 3.05) is 25.2 Å². The van der Waals surface area contributed by atoms with Crippen molar-refractivity contribution >= 4 is 11.7 Å². The van der Waals surface area contributed by atoms with Crippen LogP contribution in [0.4, 0.5) is 5.69 Å². The number of aryl methyl sites for hydroxylation is 1. The fourth-order valence-electron chi connectivity index (χ4n) is 2.25. The topological polar surface area (TPSA) is 49.8 Å². The molecule has 1 aromatic carbocycles. The van der Waals surface area contributed by atoms with E-state index in [4.69, 9.17) is 9.84 Å². The second-order valence-electron chi connectivity index (χ2n) is 5.44. The van der Waals surface area contributed by atoms with Crippen molar-refractivity contribution in [1.82, 2.24) is 0 Å². The Balaban J connectivity index is 2.98. The molecule has 0 saturated heterocycles. The van der Waals surface area contributed by atoms with Crippen molar-refractivity contribution in [3.63, 3.8) is 0 Å². The minimum atomic E-state index is -0.776. The molecule has 1 N–H and O–H groups in total. The van der Waals surface area contributed by atoms with E-state index >= 15 is 0 Å². The first-order valence-electron chi connectivity index (χ1n) is 6.99. The summed E-state index contributed by atoms with van der Waals surface area (Å²) in [4.78, 5) is 13.0.